The Morgan fingerprint density at radius 2 is 1.36 bits per heavy atom. The standard InChI is InChI=1S/C15H27N2O4P/c1-16(2)10-12-20-22(18,21-13-11-17(3)4)15-8-6-14(19-5)7-9-15/h6-9H,10-13H2,1-5H3. The number of hydrogen-bond acceptors (Lipinski definition) is 6. The maximum absolute atomic E-state index is 13.1. The smallest absolute Gasteiger partial charge is 0.361 e. The van der Waals surface area contributed by atoms with Crippen molar-refractivity contribution >= 4 is 12.9 Å². The fourth-order valence-corrected chi connectivity index (χ4v) is 3.17. The van der Waals surface area contributed by atoms with Crippen LogP contribution in [0.2, 0.25) is 0 Å². The zero-order valence-corrected chi connectivity index (χ0v) is 15.0. The molecule has 0 atom stereocenters. The van der Waals surface area contributed by atoms with E-state index < -0.39 is 7.60 Å². The van der Waals surface area contributed by atoms with Gasteiger partial charge in [0.25, 0.3) is 0 Å². The van der Waals surface area contributed by atoms with Gasteiger partial charge in [-0.3, -0.25) is 4.57 Å². The average molecular weight is 330 g/mol. The van der Waals surface area contributed by atoms with Gasteiger partial charge in [0.15, 0.2) is 0 Å². The summed E-state index contributed by atoms with van der Waals surface area (Å²) in [5.41, 5.74) is 0. The molecule has 1 aromatic carbocycles. The fourth-order valence-electron chi connectivity index (χ4n) is 1.64. The van der Waals surface area contributed by atoms with E-state index in [1.54, 1.807) is 31.4 Å². The lowest BCUT2D eigenvalue weighted by Gasteiger charge is -2.21. The minimum atomic E-state index is -3.32. The summed E-state index contributed by atoms with van der Waals surface area (Å²) in [7, 11) is 6.03. The molecule has 0 aliphatic rings. The van der Waals surface area contributed by atoms with Crippen molar-refractivity contribution in [2.45, 2.75) is 0 Å². The second-order valence-electron chi connectivity index (χ2n) is 5.47. The number of nitrogens with zero attached hydrogens (tertiary/aromatic N) is 2. The van der Waals surface area contributed by atoms with Crippen LogP contribution in [-0.4, -0.2) is 71.4 Å². The highest BCUT2D eigenvalue weighted by Gasteiger charge is 2.27. The molecule has 22 heavy (non-hydrogen) atoms. The van der Waals surface area contributed by atoms with E-state index in [0.717, 1.165) is 0 Å². The summed E-state index contributed by atoms with van der Waals surface area (Å²) in [5.74, 6) is 0.705. The van der Waals surface area contributed by atoms with Crippen LogP contribution in [0, 0.1) is 0 Å². The minimum Gasteiger partial charge on any atom is -0.497 e. The Morgan fingerprint density at radius 3 is 1.73 bits per heavy atom. The van der Waals surface area contributed by atoms with Crippen molar-refractivity contribution in [3.05, 3.63) is 24.3 Å². The van der Waals surface area contributed by atoms with Gasteiger partial charge in [-0.05, 0) is 52.5 Å². The maximum atomic E-state index is 13.1. The van der Waals surface area contributed by atoms with E-state index in [1.807, 2.05) is 38.0 Å². The molecule has 0 aromatic heterocycles. The molecule has 0 N–H and O–H groups in total. The molecule has 0 bridgehead atoms. The first kappa shape index (κ1) is 19.1. The molecular weight excluding hydrogens is 303 g/mol. The summed E-state index contributed by atoms with van der Waals surface area (Å²) in [6, 6.07) is 6.97. The van der Waals surface area contributed by atoms with Crippen LogP contribution in [0.4, 0.5) is 0 Å². The molecule has 0 spiro atoms. The first-order valence-corrected chi connectivity index (χ1v) is 8.75. The molecule has 0 aliphatic heterocycles. The molecule has 7 heteroatoms. The van der Waals surface area contributed by atoms with Crippen molar-refractivity contribution in [3.63, 3.8) is 0 Å². The Balaban J connectivity index is 2.80. The topological polar surface area (TPSA) is 51.2 Å². The van der Waals surface area contributed by atoms with E-state index in [1.165, 1.54) is 0 Å². The normalized spacial score (nSPS) is 12.1. The van der Waals surface area contributed by atoms with Crippen molar-refractivity contribution in [2.75, 3.05) is 61.6 Å². The molecule has 126 valence electrons. The number of likely N-dealkylation sites (N-methyl/N-ethyl adjacent to an activating group) is 2. The largest absolute Gasteiger partial charge is 0.497 e. The zero-order valence-electron chi connectivity index (χ0n) is 14.1. The van der Waals surface area contributed by atoms with Crippen molar-refractivity contribution < 1.29 is 18.3 Å². The van der Waals surface area contributed by atoms with Crippen LogP contribution in [0.3, 0.4) is 0 Å². The summed E-state index contributed by atoms with van der Waals surface area (Å²) in [5, 5.41) is 0.547. The summed E-state index contributed by atoms with van der Waals surface area (Å²) < 4.78 is 29.4. The van der Waals surface area contributed by atoms with Gasteiger partial charge >= 0.3 is 7.60 Å². The lowest BCUT2D eigenvalue weighted by molar-refractivity contribution is 0.185. The van der Waals surface area contributed by atoms with Gasteiger partial charge in [-0.25, -0.2) is 0 Å². The summed E-state index contributed by atoms with van der Waals surface area (Å²) >= 11 is 0. The highest BCUT2D eigenvalue weighted by Crippen LogP contribution is 2.47. The summed E-state index contributed by atoms with van der Waals surface area (Å²) in [4.78, 5) is 3.94. The number of methoxy groups -OCH3 is 1. The van der Waals surface area contributed by atoms with Crippen LogP contribution >= 0.6 is 7.60 Å². The maximum Gasteiger partial charge on any atom is 0.361 e. The van der Waals surface area contributed by atoms with Crippen molar-refractivity contribution in [1.29, 1.82) is 0 Å². The van der Waals surface area contributed by atoms with Gasteiger partial charge in [0, 0.05) is 13.1 Å². The predicted molar refractivity (Wildman–Crippen MR) is 89.2 cm³/mol. The minimum absolute atomic E-state index is 0.346. The van der Waals surface area contributed by atoms with Crippen LogP contribution in [-0.2, 0) is 13.6 Å². The van der Waals surface area contributed by atoms with E-state index in [-0.39, 0.29) is 0 Å². The van der Waals surface area contributed by atoms with Gasteiger partial charge in [0.2, 0.25) is 0 Å². The predicted octanol–water partition coefficient (Wildman–Crippen LogP) is 1.67. The molecular formula is C15H27N2O4P. The van der Waals surface area contributed by atoms with Gasteiger partial charge in [-0.1, -0.05) is 0 Å². The quantitative estimate of drug-likeness (QED) is 0.608. The first-order valence-electron chi connectivity index (χ1n) is 7.20. The van der Waals surface area contributed by atoms with E-state index in [2.05, 4.69) is 0 Å². The van der Waals surface area contributed by atoms with Gasteiger partial charge in [0.1, 0.15) is 5.75 Å². The van der Waals surface area contributed by atoms with Gasteiger partial charge in [0.05, 0.1) is 25.6 Å². The Kier molecular flexibility index (Phi) is 8.07. The highest BCUT2D eigenvalue weighted by atomic mass is 31.2. The number of benzene rings is 1. The monoisotopic (exact) mass is 330 g/mol. The van der Waals surface area contributed by atoms with Crippen molar-refractivity contribution in [3.8, 4) is 5.75 Å². The lowest BCUT2D eigenvalue weighted by atomic mass is 10.3. The molecule has 0 heterocycles. The average Bonchev–Trinajstić information content (AvgIpc) is 2.46. The van der Waals surface area contributed by atoms with Crippen LogP contribution in [0.15, 0.2) is 24.3 Å². The number of ether oxygens (including phenoxy) is 1. The SMILES string of the molecule is COc1ccc(P(=O)(OCCN(C)C)OCCN(C)C)cc1. The van der Waals surface area contributed by atoms with E-state index in [0.29, 0.717) is 37.4 Å². The Bertz CT molecular complexity index is 459. The summed E-state index contributed by atoms with van der Waals surface area (Å²) in [6.07, 6.45) is 0. The second-order valence-corrected chi connectivity index (χ2v) is 7.50. The van der Waals surface area contributed by atoms with Crippen molar-refractivity contribution in [2.24, 2.45) is 0 Å². The van der Waals surface area contributed by atoms with E-state index >= 15 is 0 Å². The van der Waals surface area contributed by atoms with Crippen LogP contribution in [0.1, 0.15) is 0 Å². The Hall–Kier alpha value is -0.910. The highest BCUT2D eigenvalue weighted by molar-refractivity contribution is 7.62. The van der Waals surface area contributed by atoms with Crippen molar-refractivity contribution in [1.82, 2.24) is 9.80 Å². The Morgan fingerprint density at radius 1 is 0.909 bits per heavy atom. The molecule has 0 radical (unpaired) electrons. The molecule has 0 fully saturated rings. The zero-order chi connectivity index (χ0) is 16.6. The molecule has 0 saturated carbocycles. The first-order chi connectivity index (χ1) is 10.4. The number of rotatable bonds is 10. The third kappa shape index (κ3) is 6.46. The summed E-state index contributed by atoms with van der Waals surface area (Å²) in [6.45, 7) is 2.05. The molecule has 0 saturated heterocycles. The van der Waals surface area contributed by atoms with Gasteiger partial charge in [-0.15, -0.1) is 0 Å². The third-order valence-electron chi connectivity index (χ3n) is 2.99. The molecule has 6 nitrogen and oxygen atoms in total. The fraction of sp³-hybridized carbons (Fsp3) is 0.600. The lowest BCUT2D eigenvalue weighted by Crippen LogP contribution is -2.22. The second kappa shape index (κ2) is 9.28. The van der Waals surface area contributed by atoms with E-state index in [9.17, 15) is 4.57 Å². The molecule has 0 amide bonds. The molecule has 0 unspecified atom stereocenters. The third-order valence-corrected chi connectivity index (χ3v) is 4.96. The van der Waals surface area contributed by atoms with Crippen LogP contribution in [0.25, 0.3) is 0 Å². The molecule has 1 rings (SSSR count). The van der Waals surface area contributed by atoms with Gasteiger partial charge < -0.3 is 23.6 Å². The van der Waals surface area contributed by atoms with E-state index in [4.69, 9.17) is 13.8 Å². The van der Waals surface area contributed by atoms with Gasteiger partial charge in [-0.2, -0.15) is 0 Å². The number of hydrogen-bond donors (Lipinski definition) is 0. The molecule has 1 aromatic rings. The molecule has 0 aliphatic carbocycles. The van der Waals surface area contributed by atoms with Crippen LogP contribution in [0.5, 0.6) is 5.75 Å². The van der Waals surface area contributed by atoms with Crippen LogP contribution < -0.4 is 10.0 Å². The Labute approximate surface area is 133 Å².